The number of hydrogen-bond donors (Lipinski definition) is 1. The minimum absolute atomic E-state index is 0.0145. The van der Waals surface area contributed by atoms with Gasteiger partial charge in [-0.05, 0) is 31.1 Å². The number of alkyl halides is 2. The van der Waals surface area contributed by atoms with Gasteiger partial charge in [0.25, 0.3) is 0 Å². The summed E-state index contributed by atoms with van der Waals surface area (Å²) in [7, 11) is -3.39. The van der Waals surface area contributed by atoms with Crippen LogP contribution in [0.4, 0.5) is 13.6 Å². The molecule has 8 heteroatoms. The third-order valence-corrected chi connectivity index (χ3v) is 6.56. The van der Waals surface area contributed by atoms with Gasteiger partial charge in [0.05, 0.1) is 11.0 Å². The Bertz CT molecular complexity index is 519. The van der Waals surface area contributed by atoms with Crippen LogP contribution in [0.3, 0.4) is 0 Å². The van der Waals surface area contributed by atoms with Gasteiger partial charge in [-0.25, -0.2) is 22.0 Å². The van der Waals surface area contributed by atoms with E-state index in [4.69, 9.17) is 0 Å². The Morgan fingerprint density at radius 1 is 1.21 bits per heavy atom. The van der Waals surface area contributed by atoms with E-state index in [2.05, 4.69) is 0 Å². The number of halogens is 2. The Balaban J connectivity index is 2.41. The van der Waals surface area contributed by atoms with Crippen LogP contribution in [0.25, 0.3) is 0 Å². The third kappa shape index (κ3) is 7.32. The van der Waals surface area contributed by atoms with Crippen molar-refractivity contribution in [3.63, 3.8) is 0 Å². The van der Waals surface area contributed by atoms with Gasteiger partial charge in [0.15, 0.2) is 9.84 Å². The van der Waals surface area contributed by atoms with Crippen LogP contribution >= 0.6 is 0 Å². The zero-order valence-corrected chi connectivity index (χ0v) is 15.5. The maximum Gasteiger partial charge on any atom is 0.407 e. The molecule has 0 aromatic carbocycles. The van der Waals surface area contributed by atoms with Crippen molar-refractivity contribution in [2.45, 2.75) is 70.5 Å². The molecule has 0 aliphatic heterocycles. The standard InChI is InChI=1S/C16H29F2NO4S/c1-15(2,3)12-19(14(20)21)10-4-5-11-24(22,23)13-6-8-16(17,18)9-7-13/h13H,4-12H2,1-3H3,(H,20,21). The first-order valence-electron chi connectivity index (χ1n) is 8.40. The van der Waals surface area contributed by atoms with Crippen molar-refractivity contribution in [3.05, 3.63) is 0 Å². The van der Waals surface area contributed by atoms with Gasteiger partial charge in [0, 0.05) is 25.9 Å². The summed E-state index contributed by atoms with van der Waals surface area (Å²) in [6, 6.07) is 0. The largest absolute Gasteiger partial charge is 0.465 e. The molecule has 0 aromatic heterocycles. The van der Waals surface area contributed by atoms with Gasteiger partial charge in [-0.1, -0.05) is 20.8 Å². The van der Waals surface area contributed by atoms with E-state index in [1.165, 1.54) is 4.90 Å². The van der Waals surface area contributed by atoms with Gasteiger partial charge in [-0.3, -0.25) is 0 Å². The van der Waals surface area contributed by atoms with Gasteiger partial charge in [-0.15, -0.1) is 0 Å². The second-order valence-corrected chi connectivity index (χ2v) is 10.3. The van der Waals surface area contributed by atoms with Crippen LogP contribution in [0.1, 0.15) is 59.3 Å². The van der Waals surface area contributed by atoms with Crippen molar-refractivity contribution in [1.29, 1.82) is 0 Å². The molecule has 1 saturated carbocycles. The molecule has 142 valence electrons. The fraction of sp³-hybridized carbons (Fsp3) is 0.938. The molecular weight excluding hydrogens is 340 g/mol. The molecule has 0 radical (unpaired) electrons. The summed E-state index contributed by atoms with van der Waals surface area (Å²) in [5, 5.41) is 8.51. The lowest BCUT2D eigenvalue weighted by Crippen LogP contribution is -2.37. The highest BCUT2D eigenvalue weighted by Crippen LogP contribution is 2.36. The minimum atomic E-state index is -3.39. The van der Waals surface area contributed by atoms with E-state index in [1.807, 2.05) is 20.8 Å². The molecule has 0 bridgehead atoms. The topological polar surface area (TPSA) is 74.7 Å². The van der Waals surface area contributed by atoms with Crippen molar-refractivity contribution >= 4 is 15.9 Å². The molecule has 5 nitrogen and oxygen atoms in total. The van der Waals surface area contributed by atoms with Crippen LogP contribution in [0, 0.1) is 5.41 Å². The average molecular weight is 369 g/mol. The Morgan fingerprint density at radius 3 is 2.21 bits per heavy atom. The lowest BCUT2D eigenvalue weighted by molar-refractivity contribution is -0.0328. The number of carbonyl (C=O) groups is 1. The fourth-order valence-electron chi connectivity index (χ4n) is 2.96. The summed E-state index contributed by atoms with van der Waals surface area (Å²) >= 11 is 0. The van der Waals surface area contributed by atoms with Crippen molar-refractivity contribution in [3.8, 4) is 0 Å². The predicted octanol–water partition coefficient (Wildman–Crippen LogP) is 3.79. The number of hydrogen-bond acceptors (Lipinski definition) is 3. The number of carboxylic acid groups (broad SMARTS) is 1. The normalized spacial score (nSPS) is 19.2. The number of sulfone groups is 1. The maximum absolute atomic E-state index is 13.1. The smallest absolute Gasteiger partial charge is 0.407 e. The van der Waals surface area contributed by atoms with Crippen LogP contribution in [-0.4, -0.2) is 54.5 Å². The highest BCUT2D eigenvalue weighted by atomic mass is 32.2. The molecule has 0 unspecified atom stereocenters. The van der Waals surface area contributed by atoms with E-state index < -0.39 is 27.1 Å². The SMILES string of the molecule is CC(C)(C)CN(CCCCS(=O)(=O)C1CCC(F)(F)CC1)C(=O)O. The Morgan fingerprint density at radius 2 is 1.75 bits per heavy atom. The van der Waals surface area contributed by atoms with E-state index in [9.17, 15) is 27.1 Å². The number of rotatable bonds is 7. The van der Waals surface area contributed by atoms with Crippen LogP contribution in [-0.2, 0) is 9.84 Å². The summed E-state index contributed by atoms with van der Waals surface area (Å²) in [5.74, 6) is -2.80. The van der Waals surface area contributed by atoms with Crippen LogP contribution in [0.5, 0.6) is 0 Å². The van der Waals surface area contributed by atoms with Gasteiger partial charge in [0.1, 0.15) is 0 Å². The molecule has 24 heavy (non-hydrogen) atoms. The highest BCUT2D eigenvalue weighted by Gasteiger charge is 2.39. The fourth-order valence-corrected chi connectivity index (χ4v) is 4.85. The first-order valence-corrected chi connectivity index (χ1v) is 10.1. The minimum Gasteiger partial charge on any atom is -0.465 e. The van der Waals surface area contributed by atoms with E-state index in [-0.39, 0.29) is 43.4 Å². The zero-order chi connectivity index (χ0) is 18.6. The van der Waals surface area contributed by atoms with E-state index in [0.29, 0.717) is 19.4 Å². The molecule has 0 aromatic rings. The van der Waals surface area contributed by atoms with E-state index in [0.717, 1.165) is 0 Å². The second kappa shape index (κ2) is 7.97. The number of amides is 1. The second-order valence-electron chi connectivity index (χ2n) is 7.89. The summed E-state index contributed by atoms with van der Waals surface area (Å²) in [5.41, 5.74) is -0.169. The Kier molecular flexibility index (Phi) is 7.02. The predicted molar refractivity (Wildman–Crippen MR) is 89.3 cm³/mol. The van der Waals surface area contributed by atoms with Crippen molar-refractivity contribution in [1.82, 2.24) is 4.90 Å². The molecule has 1 aliphatic rings. The molecule has 0 heterocycles. The molecule has 1 fully saturated rings. The first kappa shape index (κ1) is 21.1. The number of unbranched alkanes of at least 4 members (excludes halogenated alkanes) is 1. The van der Waals surface area contributed by atoms with Crippen molar-refractivity contribution < 1.29 is 27.1 Å². The number of nitrogens with zero attached hydrogens (tertiary/aromatic N) is 1. The molecule has 0 atom stereocenters. The zero-order valence-electron chi connectivity index (χ0n) is 14.7. The van der Waals surface area contributed by atoms with Gasteiger partial charge >= 0.3 is 6.09 Å². The van der Waals surface area contributed by atoms with E-state index >= 15 is 0 Å². The molecule has 0 saturated heterocycles. The summed E-state index contributed by atoms with van der Waals surface area (Å²) in [4.78, 5) is 12.5. The first-order chi connectivity index (χ1) is 10.8. The van der Waals surface area contributed by atoms with Crippen LogP contribution < -0.4 is 0 Å². The molecule has 1 aliphatic carbocycles. The van der Waals surface area contributed by atoms with Crippen LogP contribution in [0.15, 0.2) is 0 Å². The van der Waals surface area contributed by atoms with Crippen molar-refractivity contribution in [2.75, 3.05) is 18.8 Å². The summed E-state index contributed by atoms with van der Waals surface area (Å²) < 4.78 is 50.7. The van der Waals surface area contributed by atoms with Gasteiger partial charge < -0.3 is 10.0 Å². The molecular formula is C16H29F2NO4S. The molecule has 1 amide bonds. The Labute approximate surface area is 143 Å². The quantitative estimate of drug-likeness (QED) is 0.693. The third-order valence-electron chi connectivity index (χ3n) is 4.21. The highest BCUT2D eigenvalue weighted by molar-refractivity contribution is 7.92. The van der Waals surface area contributed by atoms with Crippen LogP contribution in [0.2, 0.25) is 0 Å². The lowest BCUT2D eigenvalue weighted by Gasteiger charge is -2.29. The lowest BCUT2D eigenvalue weighted by atomic mass is 9.96. The van der Waals surface area contributed by atoms with Gasteiger partial charge in [0.2, 0.25) is 5.92 Å². The Hall–Kier alpha value is -0.920. The molecule has 1 rings (SSSR count). The van der Waals surface area contributed by atoms with Crippen molar-refractivity contribution in [2.24, 2.45) is 5.41 Å². The average Bonchev–Trinajstić information content (AvgIpc) is 2.40. The summed E-state index contributed by atoms with van der Waals surface area (Å²) in [6.07, 6.45) is -0.915. The molecule has 1 N–H and O–H groups in total. The maximum atomic E-state index is 13.1. The van der Waals surface area contributed by atoms with E-state index in [1.54, 1.807) is 0 Å². The summed E-state index contributed by atoms with van der Waals surface area (Å²) in [6.45, 7) is 6.47. The van der Waals surface area contributed by atoms with Gasteiger partial charge in [-0.2, -0.15) is 0 Å². The monoisotopic (exact) mass is 369 g/mol. The molecule has 0 spiro atoms.